The third kappa shape index (κ3) is 3.54. The van der Waals surface area contributed by atoms with E-state index in [0.717, 1.165) is 29.6 Å². The molecule has 2 atom stereocenters. The Morgan fingerprint density at radius 1 is 1.20 bits per heavy atom. The minimum atomic E-state index is -0.173. The average molecular weight is 292 g/mol. The molecule has 0 aromatic heterocycles. The van der Waals surface area contributed by atoms with E-state index in [-0.39, 0.29) is 5.82 Å². The predicted octanol–water partition coefficient (Wildman–Crippen LogP) is 3.62. The van der Waals surface area contributed by atoms with Crippen LogP contribution in [0.4, 0.5) is 4.39 Å². The number of aliphatic imine (C=N–C) groups is 1. The fraction of sp³-hybridized carbons (Fsp3) is 0.562. The molecule has 0 bridgehead atoms. The largest absolute Gasteiger partial charge is 0.362 e. The van der Waals surface area contributed by atoms with Gasteiger partial charge in [-0.1, -0.05) is 36.7 Å². The van der Waals surface area contributed by atoms with Gasteiger partial charge in [0, 0.05) is 18.3 Å². The summed E-state index contributed by atoms with van der Waals surface area (Å²) in [6, 6.07) is 7.36. The summed E-state index contributed by atoms with van der Waals surface area (Å²) in [5.41, 5.74) is 1.15. The summed E-state index contributed by atoms with van der Waals surface area (Å²) in [6.07, 6.45) is 6.28. The van der Waals surface area contributed by atoms with Crippen LogP contribution in [-0.4, -0.2) is 23.5 Å². The SMILES string of the molecule is Fc1ccc(CCN=C2NC3CCCCC3CS2)cc1. The highest BCUT2D eigenvalue weighted by Gasteiger charge is 2.29. The molecule has 1 saturated heterocycles. The standard InChI is InChI=1S/C16H21FN2S/c17-14-7-5-12(6-8-14)9-10-18-16-19-15-4-2-1-3-13(15)11-20-16/h5-8,13,15H,1-4,9-11H2,(H,18,19). The lowest BCUT2D eigenvalue weighted by atomic mass is 9.86. The first-order valence-electron chi connectivity index (χ1n) is 7.49. The highest BCUT2D eigenvalue weighted by atomic mass is 32.2. The van der Waals surface area contributed by atoms with E-state index < -0.39 is 0 Å². The van der Waals surface area contributed by atoms with Crippen LogP contribution in [0.25, 0.3) is 0 Å². The zero-order valence-electron chi connectivity index (χ0n) is 11.6. The molecule has 1 aromatic rings. The number of nitrogens with one attached hydrogen (secondary N) is 1. The number of thioether (sulfide) groups is 1. The van der Waals surface area contributed by atoms with Crippen molar-refractivity contribution in [1.82, 2.24) is 5.32 Å². The molecule has 2 unspecified atom stereocenters. The molecular formula is C16H21FN2S. The number of fused-ring (bicyclic) bond motifs is 1. The van der Waals surface area contributed by atoms with Crippen molar-refractivity contribution in [2.75, 3.05) is 12.3 Å². The monoisotopic (exact) mass is 292 g/mol. The zero-order valence-corrected chi connectivity index (χ0v) is 12.5. The summed E-state index contributed by atoms with van der Waals surface area (Å²) in [5.74, 6) is 1.88. The topological polar surface area (TPSA) is 24.4 Å². The Kier molecular flexibility index (Phi) is 4.61. The summed E-state index contributed by atoms with van der Waals surface area (Å²) in [6.45, 7) is 0.776. The van der Waals surface area contributed by atoms with Gasteiger partial charge >= 0.3 is 0 Å². The maximum Gasteiger partial charge on any atom is 0.156 e. The number of amidine groups is 1. The van der Waals surface area contributed by atoms with Crippen LogP contribution in [0.5, 0.6) is 0 Å². The molecule has 1 N–H and O–H groups in total. The van der Waals surface area contributed by atoms with Crippen molar-refractivity contribution in [2.24, 2.45) is 10.9 Å². The number of hydrogen-bond acceptors (Lipinski definition) is 2. The van der Waals surface area contributed by atoms with Crippen LogP contribution in [0.2, 0.25) is 0 Å². The van der Waals surface area contributed by atoms with E-state index in [0.29, 0.717) is 6.04 Å². The molecule has 1 aromatic carbocycles. The van der Waals surface area contributed by atoms with Gasteiger partial charge in [-0.25, -0.2) is 4.39 Å². The van der Waals surface area contributed by atoms with Crippen LogP contribution in [-0.2, 0) is 6.42 Å². The van der Waals surface area contributed by atoms with Crippen molar-refractivity contribution < 1.29 is 4.39 Å². The van der Waals surface area contributed by atoms with Gasteiger partial charge in [-0.15, -0.1) is 0 Å². The lowest BCUT2D eigenvalue weighted by Crippen LogP contribution is -2.46. The van der Waals surface area contributed by atoms with Crippen LogP contribution in [0, 0.1) is 11.7 Å². The molecule has 3 rings (SSSR count). The Hall–Kier alpha value is -1.03. The Morgan fingerprint density at radius 3 is 2.85 bits per heavy atom. The van der Waals surface area contributed by atoms with E-state index in [4.69, 9.17) is 0 Å². The molecule has 4 heteroatoms. The van der Waals surface area contributed by atoms with Gasteiger partial charge in [-0.05, 0) is 42.9 Å². The van der Waals surface area contributed by atoms with Crippen molar-refractivity contribution in [2.45, 2.75) is 38.1 Å². The molecule has 0 amide bonds. The maximum absolute atomic E-state index is 12.8. The van der Waals surface area contributed by atoms with Crippen molar-refractivity contribution in [3.63, 3.8) is 0 Å². The molecule has 1 heterocycles. The van der Waals surface area contributed by atoms with Gasteiger partial charge in [0.2, 0.25) is 0 Å². The van der Waals surface area contributed by atoms with Gasteiger partial charge in [0.1, 0.15) is 5.82 Å². The van der Waals surface area contributed by atoms with Crippen molar-refractivity contribution in [3.05, 3.63) is 35.6 Å². The van der Waals surface area contributed by atoms with E-state index in [2.05, 4.69) is 10.3 Å². The molecule has 1 saturated carbocycles. The lowest BCUT2D eigenvalue weighted by molar-refractivity contribution is 0.311. The summed E-state index contributed by atoms with van der Waals surface area (Å²) >= 11 is 1.87. The molecule has 2 aliphatic rings. The third-order valence-electron chi connectivity index (χ3n) is 4.22. The summed E-state index contributed by atoms with van der Waals surface area (Å²) < 4.78 is 12.8. The van der Waals surface area contributed by atoms with Gasteiger partial charge in [0.15, 0.2) is 5.17 Å². The molecule has 20 heavy (non-hydrogen) atoms. The highest BCUT2D eigenvalue weighted by Crippen LogP contribution is 2.31. The van der Waals surface area contributed by atoms with Gasteiger partial charge in [0.25, 0.3) is 0 Å². The average Bonchev–Trinajstić information content (AvgIpc) is 2.49. The second-order valence-electron chi connectivity index (χ2n) is 5.67. The van der Waals surface area contributed by atoms with Crippen LogP contribution in [0.15, 0.2) is 29.3 Å². The molecule has 0 spiro atoms. The van der Waals surface area contributed by atoms with Crippen molar-refractivity contribution in [1.29, 1.82) is 0 Å². The Morgan fingerprint density at radius 2 is 2.00 bits per heavy atom. The van der Waals surface area contributed by atoms with Gasteiger partial charge < -0.3 is 5.32 Å². The fourth-order valence-corrected chi connectivity index (χ4v) is 4.20. The molecule has 1 aliphatic carbocycles. The second-order valence-corrected chi connectivity index (χ2v) is 6.68. The maximum atomic E-state index is 12.8. The van der Waals surface area contributed by atoms with E-state index >= 15 is 0 Å². The van der Waals surface area contributed by atoms with Crippen LogP contribution in [0.3, 0.4) is 0 Å². The first-order chi connectivity index (χ1) is 9.81. The predicted molar refractivity (Wildman–Crippen MR) is 83.7 cm³/mol. The van der Waals surface area contributed by atoms with Gasteiger partial charge in [0.05, 0.1) is 0 Å². The summed E-state index contributed by atoms with van der Waals surface area (Å²) in [7, 11) is 0. The second kappa shape index (κ2) is 6.61. The van der Waals surface area contributed by atoms with E-state index in [1.807, 2.05) is 23.9 Å². The van der Waals surface area contributed by atoms with Crippen LogP contribution in [0.1, 0.15) is 31.2 Å². The summed E-state index contributed by atoms with van der Waals surface area (Å²) in [4.78, 5) is 4.67. The van der Waals surface area contributed by atoms with E-state index in [1.165, 1.54) is 43.6 Å². The molecule has 1 aliphatic heterocycles. The summed E-state index contributed by atoms with van der Waals surface area (Å²) in [5, 5.41) is 4.71. The Labute approximate surface area is 124 Å². The molecule has 2 nitrogen and oxygen atoms in total. The first kappa shape index (κ1) is 13.9. The lowest BCUT2D eigenvalue weighted by Gasteiger charge is -2.36. The minimum absolute atomic E-state index is 0.173. The number of rotatable bonds is 3. The zero-order chi connectivity index (χ0) is 13.8. The van der Waals surface area contributed by atoms with Gasteiger partial charge in [-0.2, -0.15) is 0 Å². The van der Waals surface area contributed by atoms with Crippen LogP contribution < -0.4 is 5.32 Å². The number of hydrogen-bond donors (Lipinski definition) is 1. The molecule has 0 radical (unpaired) electrons. The Balaban J connectivity index is 1.50. The number of halogens is 1. The van der Waals surface area contributed by atoms with E-state index in [9.17, 15) is 4.39 Å². The normalized spacial score (nSPS) is 27.9. The minimum Gasteiger partial charge on any atom is -0.362 e. The highest BCUT2D eigenvalue weighted by molar-refractivity contribution is 8.13. The number of benzene rings is 1. The molecule has 108 valence electrons. The van der Waals surface area contributed by atoms with Gasteiger partial charge in [-0.3, -0.25) is 4.99 Å². The smallest absolute Gasteiger partial charge is 0.156 e. The molecule has 2 fully saturated rings. The Bertz CT molecular complexity index is 472. The number of nitrogens with zero attached hydrogens (tertiary/aromatic N) is 1. The van der Waals surface area contributed by atoms with Crippen molar-refractivity contribution in [3.8, 4) is 0 Å². The van der Waals surface area contributed by atoms with Crippen LogP contribution >= 0.6 is 11.8 Å². The quantitative estimate of drug-likeness (QED) is 0.920. The first-order valence-corrected chi connectivity index (χ1v) is 8.48. The molecular weight excluding hydrogens is 271 g/mol. The fourth-order valence-electron chi connectivity index (χ4n) is 3.01. The van der Waals surface area contributed by atoms with Crippen molar-refractivity contribution >= 4 is 16.9 Å². The third-order valence-corrected chi connectivity index (χ3v) is 5.34. The van der Waals surface area contributed by atoms with E-state index in [1.54, 1.807) is 0 Å².